The number of pyridine rings is 1. The first-order valence-electron chi connectivity index (χ1n) is 12.9. The van der Waals surface area contributed by atoms with Gasteiger partial charge in [0, 0.05) is 56.5 Å². The molecule has 0 radical (unpaired) electrons. The number of hydrogen-bond donors (Lipinski definition) is 2. The lowest BCUT2D eigenvalue weighted by Gasteiger charge is -2.30. The molecule has 2 aliphatic rings. The molecule has 37 heavy (non-hydrogen) atoms. The van der Waals surface area contributed by atoms with Crippen molar-refractivity contribution in [1.82, 2.24) is 34.9 Å². The number of benzene rings is 1. The fourth-order valence-electron chi connectivity index (χ4n) is 5.17. The number of nitrogens with one attached hydrogen (secondary N) is 2. The fraction of sp³-hybridized carbons (Fsp3) is 0.370. The molecule has 2 aliphatic heterocycles. The topological polar surface area (TPSA) is 104 Å². The van der Waals surface area contributed by atoms with Gasteiger partial charge in [-0.05, 0) is 62.8 Å². The van der Waals surface area contributed by atoms with Gasteiger partial charge in [-0.1, -0.05) is 6.07 Å². The van der Waals surface area contributed by atoms with Gasteiger partial charge in [0.2, 0.25) is 5.95 Å². The van der Waals surface area contributed by atoms with Gasteiger partial charge in [-0.3, -0.25) is 9.78 Å². The molecule has 2 N–H and O–H groups in total. The van der Waals surface area contributed by atoms with Crippen LogP contribution < -0.4 is 21.1 Å². The molecule has 2 fully saturated rings. The Morgan fingerprint density at radius 2 is 1.86 bits per heavy atom. The number of hydrogen-bond acceptors (Lipinski definition) is 9. The van der Waals surface area contributed by atoms with E-state index in [1.54, 1.807) is 17.1 Å². The highest BCUT2D eigenvalue weighted by atomic mass is 16.1. The average molecular weight is 498 g/mol. The van der Waals surface area contributed by atoms with Crippen molar-refractivity contribution >= 4 is 28.2 Å². The third-order valence-electron chi connectivity index (χ3n) is 7.12. The number of piperidine rings is 1. The number of fused-ring (bicyclic) bond motifs is 1. The zero-order chi connectivity index (χ0) is 25.2. The summed E-state index contributed by atoms with van der Waals surface area (Å²) in [6.45, 7) is 5.80. The van der Waals surface area contributed by atoms with Crippen LogP contribution in [0.5, 0.6) is 0 Å². The third kappa shape index (κ3) is 4.90. The first-order chi connectivity index (χ1) is 18.2. The van der Waals surface area contributed by atoms with Crippen molar-refractivity contribution in [2.24, 2.45) is 0 Å². The summed E-state index contributed by atoms with van der Waals surface area (Å²) in [5, 5.41) is 11.9. The number of anilines is 3. The summed E-state index contributed by atoms with van der Waals surface area (Å²) >= 11 is 0. The Hall–Kier alpha value is -3.89. The van der Waals surface area contributed by atoms with Gasteiger partial charge in [0.15, 0.2) is 0 Å². The SMILES string of the molecule is CN1CCCC(n2nc(-c3ccccn3)c3nc(Nc4ccc(N5CCNCC5)cc4)ncc3c2=O)C1. The minimum Gasteiger partial charge on any atom is -0.369 e. The second-order valence-electron chi connectivity index (χ2n) is 9.74. The van der Waals surface area contributed by atoms with E-state index in [1.165, 1.54) is 5.69 Å². The summed E-state index contributed by atoms with van der Waals surface area (Å²) in [6, 6.07) is 14.0. The Balaban J connectivity index is 1.36. The maximum Gasteiger partial charge on any atom is 0.278 e. The minimum atomic E-state index is -0.165. The van der Waals surface area contributed by atoms with Crippen LogP contribution in [-0.4, -0.2) is 75.9 Å². The van der Waals surface area contributed by atoms with Crippen LogP contribution in [-0.2, 0) is 0 Å². The molecule has 10 heteroatoms. The van der Waals surface area contributed by atoms with E-state index in [9.17, 15) is 4.79 Å². The average Bonchev–Trinajstić information content (AvgIpc) is 2.95. The molecule has 6 rings (SSSR count). The van der Waals surface area contributed by atoms with Crippen molar-refractivity contribution in [2.75, 3.05) is 56.5 Å². The van der Waals surface area contributed by atoms with Crippen molar-refractivity contribution in [1.29, 1.82) is 0 Å². The van der Waals surface area contributed by atoms with Crippen LogP contribution in [0.1, 0.15) is 18.9 Å². The number of likely N-dealkylation sites (tertiary alicyclic amines) is 1. The molecule has 5 heterocycles. The standard InChI is InChI=1S/C27H31N9O/c1-34-14-4-5-21(18-34)36-26(37)22-17-30-27(32-24(22)25(33-36)23-6-2-3-11-29-23)31-19-7-9-20(10-8-19)35-15-12-28-13-16-35/h2-3,6-11,17,21,28H,4-5,12-16,18H2,1H3,(H,30,31,32). The van der Waals surface area contributed by atoms with Crippen LogP contribution in [0.2, 0.25) is 0 Å². The molecule has 0 bridgehead atoms. The molecule has 0 saturated carbocycles. The van der Waals surface area contributed by atoms with Gasteiger partial charge in [-0.2, -0.15) is 5.10 Å². The largest absolute Gasteiger partial charge is 0.369 e. The third-order valence-corrected chi connectivity index (χ3v) is 7.12. The molecule has 3 aromatic heterocycles. The van der Waals surface area contributed by atoms with Crippen LogP contribution in [0.25, 0.3) is 22.3 Å². The van der Waals surface area contributed by atoms with Gasteiger partial charge in [0.1, 0.15) is 11.2 Å². The highest BCUT2D eigenvalue weighted by molar-refractivity contribution is 5.89. The summed E-state index contributed by atoms with van der Waals surface area (Å²) in [4.78, 5) is 31.9. The van der Waals surface area contributed by atoms with E-state index in [0.29, 0.717) is 28.2 Å². The molecular weight excluding hydrogens is 466 g/mol. The van der Waals surface area contributed by atoms with Crippen LogP contribution in [0.4, 0.5) is 17.3 Å². The van der Waals surface area contributed by atoms with Gasteiger partial charge in [0.05, 0.1) is 17.1 Å². The normalized spacial score (nSPS) is 18.7. The summed E-state index contributed by atoms with van der Waals surface area (Å²) in [5.74, 6) is 0.413. The lowest BCUT2D eigenvalue weighted by atomic mass is 10.1. The van der Waals surface area contributed by atoms with E-state index in [1.807, 2.05) is 30.3 Å². The second kappa shape index (κ2) is 10.2. The summed E-state index contributed by atoms with van der Waals surface area (Å²) in [6.07, 6.45) is 5.28. The van der Waals surface area contributed by atoms with Crippen LogP contribution in [0, 0.1) is 0 Å². The number of aromatic nitrogens is 5. The van der Waals surface area contributed by atoms with E-state index in [2.05, 4.69) is 49.6 Å². The van der Waals surface area contributed by atoms with Crippen molar-refractivity contribution in [3.8, 4) is 11.4 Å². The molecule has 4 aromatic rings. The predicted molar refractivity (Wildman–Crippen MR) is 145 cm³/mol. The molecule has 190 valence electrons. The molecule has 2 saturated heterocycles. The number of rotatable bonds is 5. The van der Waals surface area contributed by atoms with Gasteiger partial charge >= 0.3 is 0 Å². The monoisotopic (exact) mass is 497 g/mol. The number of piperazine rings is 1. The van der Waals surface area contributed by atoms with E-state index in [4.69, 9.17) is 10.1 Å². The zero-order valence-electron chi connectivity index (χ0n) is 21.0. The maximum atomic E-state index is 13.5. The van der Waals surface area contributed by atoms with Gasteiger partial charge < -0.3 is 20.4 Å². The van der Waals surface area contributed by atoms with E-state index in [0.717, 1.165) is 57.8 Å². The quantitative estimate of drug-likeness (QED) is 0.431. The molecule has 10 nitrogen and oxygen atoms in total. The smallest absolute Gasteiger partial charge is 0.278 e. The second-order valence-corrected chi connectivity index (χ2v) is 9.74. The van der Waals surface area contributed by atoms with Crippen molar-refractivity contribution < 1.29 is 0 Å². The zero-order valence-corrected chi connectivity index (χ0v) is 21.0. The molecule has 1 aromatic carbocycles. The van der Waals surface area contributed by atoms with Crippen molar-refractivity contribution in [2.45, 2.75) is 18.9 Å². The summed E-state index contributed by atoms with van der Waals surface area (Å²) in [5.41, 5.74) is 3.67. The minimum absolute atomic E-state index is 0.00473. The Morgan fingerprint density at radius 3 is 2.62 bits per heavy atom. The van der Waals surface area contributed by atoms with Crippen LogP contribution >= 0.6 is 0 Å². The van der Waals surface area contributed by atoms with E-state index in [-0.39, 0.29) is 11.6 Å². The highest BCUT2D eigenvalue weighted by Gasteiger charge is 2.24. The number of likely N-dealkylation sites (N-methyl/N-ethyl adjacent to an activating group) is 1. The Morgan fingerprint density at radius 1 is 1.03 bits per heavy atom. The first-order valence-corrected chi connectivity index (χ1v) is 12.9. The molecule has 0 aliphatic carbocycles. The van der Waals surface area contributed by atoms with Crippen molar-refractivity contribution in [3.63, 3.8) is 0 Å². The Labute approximate surface area is 215 Å². The van der Waals surface area contributed by atoms with Gasteiger partial charge in [-0.25, -0.2) is 14.6 Å². The van der Waals surface area contributed by atoms with E-state index >= 15 is 0 Å². The van der Waals surface area contributed by atoms with Crippen LogP contribution in [0.3, 0.4) is 0 Å². The maximum absolute atomic E-state index is 13.5. The van der Waals surface area contributed by atoms with Gasteiger partial charge in [0.25, 0.3) is 5.56 Å². The lowest BCUT2D eigenvalue weighted by molar-refractivity contribution is 0.199. The lowest BCUT2D eigenvalue weighted by Crippen LogP contribution is -2.43. The molecule has 1 unspecified atom stereocenters. The summed E-state index contributed by atoms with van der Waals surface area (Å²) in [7, 11) is 2.08. The van der Waals surface area contributed by atoms with Crippen LogP contribution in [0.15, 0.2) is 59.7 Å². The molecule has 1 atom stereocenters. The predicted octanol–water partition coefficient (Wildman–Crippen LogP) is 2.67. The Kier molecular flexibility index (Phi) is 6.50. The van der Waals surface area contributed by atoms with Gasteiger partial charge in [-0.15, -0.1) is 0 Å². The summed E-state index contributed by atoms with van der Waals surface area (Å²) < 4.78 is 1.62. The highest BCUT2D eigenvalue weighted by Crippen LogP contribution is 2.26. The number of nitrogens with zero attached hydrogens (tertiary/aromatic N) is 7. The molecule has 0 amide bonds. The van der Waals surface area contributed by atoms with Crippen molar-refractivity contribution in [3.05, 3.63) is 65.2 Å². The first kappa shape index (κ1) is 23.5. The molecule has 0 spiro atoms. The molecular formula is C27H31N9O. The fourth-order valence-corrected chi connectivity index (χ4v) is 5.17. The van der Waals surface area contributed by atoms with E-state index < -0.39 is 0 Å². The Bertz CT molecular complexity index is 1430.